The number of aliphatic hydroxyl groups excluding tert-OH is 1. The van der Waals surface area contributed by atoms with E-state index in [0.29, 0.717) is 11.8 Å². The van der Waals surface area contributed by atoms with Crippen LogP contribution in [0.15, 0.2) is 0 Å². The predicted molar refractivity (Wildman–Crippen MR) is 78.9 cm³/mol. The third kappa shape index (κ3) is 3.24. The number of likely N-dealkylation sites (tertiary alicyclic amines) is 1. The molecule has 2 heterocycles. The van der Waals surface area contributed by atoms with Crippen molar-refractivity contribution in [1.82, 2.24) is 14.7 Å². The predicted octanol–water partition coefficient (Wildman–Crippen LogP) is 2.60. The fraction of sp³-hybridized carbons (Fsp3) is 0.846. The van der Waals surface area contributed by atoms with Crippen LogP contribution in [-0.4, -0.2) is 39.0 Å². The molecule has 1 aromatic rings. The highest BCUT2D eigenvalue weighted by Crippen LogP contribution is 2.41. The molecule has 1 aliphatic heterocycles. The Bertz CT molecular complexity index is 484. The third-order valence-electron chi connectivity index (χ3n) is 4.20. The van der Waals surface area contributed by atoms with Crippen LogP contribution in [-0.2, 0) is 6.67 Å². The van der Waals surface area contributed by atoms with E-state index in [1.165, 1.54) is 17.8 Å². The SMILES string of the molecule is CC(O)C1CCN(Cn2nc(C3CC3)sc2=S)CC1. The molecule has 0 aromatic carbocycles. The summed E-state index contributed by atoms with van der Waals surface area (Å²) in [5, 5.41) is 15.5. The summed E-state index contributed by atoms with van der Waals surface area (Å²) in [4.78, 5) is 2.39. The van der Waals surface area contributed by atoms with E-state index in [9.17, 15) is 5.11 Å². The minimum absolute atomic E-state index is 0.176. The zero-order chi connectivity index (χ0) is 13.4. The van der Waals surface area contributed by atoms with Gasteiger partial charge in [0.25, 0.3) is 0 Å². The topological polar surface area (TPSA) is 41.3 Å². The fourth-order valence-electron chi connectivity index (χ4n) is 2.67. The molecule has 1 atom stereocenters. The zero-order valence-electron chi connectivity index (χ0n) is 11.3. The third-order valence-corrected chi connectivity index (χ3v) is 5.67. The Morgan fingerprint density at radius 1 is 1.37 bits per heavy atom. The molecule has 1 aliphatic carbocycles. The van der Waals surface area contributed by atoms with Gasteiger partial charge in [-0.3, -0.25) is 4.90 Å². The summed E-state index contributed by atoms with van der Waals surface area (Å²) in [5.41, 5.74) is 0. The van der Waals surface area contributed by atoms with Gasteiger partial charge in [-0.15, -0.1) is 0 Å². The van der Waals surface area contributed by atoms with Gasteiger partial charge in [-0.05, 0) is 50.7 Å². The Labute approximate surface area is 123 Å². The van der Waals surface area contributed by atoms with Crippen LogP contribution < -0.4 is 0 Å². The molecule has 1 N–H and O–H groups in total. The van der Waals surface area contributed by atoms with Crippen LogP contribution in [0.4, 0.5) is 0 Å². The van der Waals surface area contributed by atoms with Crippen molar-refractivity contribution in [2.24, 2.45) is 5.92 Å². The minimum atomic E-state index is -0.176. The van der Waals surface area contributed by atoms with Gasteiger partial charge in [0.2, 0.25) is 0 Å². The number of hydrogen-bond acceptors (Lipinski definition) is 5. The monoisotopic (exact) mass is 299 g/mol. The molecule has 0 bridgehead atoms. The van der Waals surface area contributed by atoms with Crippen molar-refractivity contribution >= 4 is 23.6 Å². The summed E-state index contributed by atoms with van der Waals surface area (Å²) in [5.74, 6) is 1.15. The molecule has 2 fully saturated rings. The number of piperidine rings is 1. The lowest BCUT2D eigenvalue weighted by molar-refractivity contribution is 0.0592. The quantitative estimate of drug-likeness (QED) is 0.868. The Morgan fingerprint density at radius 2 is 2.05 bits per heavy atom. The molecular weight excluding hydrogens is 278 g/mol. The Hall–Kier alpha value is -0.300. The Balaban J connectivity index is 1.58. The van der Waals surface area contributed by atoms with E-state index in [-0.39, 0.29) is 6.10 Å². The van der Waals surface area contributed by atoms with Gasteiger partial charge in [0.1, 0.15) is 5.01 Å². The van der Waals surface area contributed by atoms with Gasteiger partial charge >= 0.3 is 0 Å². The summed E-state index contributed by atoms with van der Waals surface area (Å²) in [6, 6.07) is 0. The summed E-state index contributed by atoms with van der Waals surface area (Å²) in [6.45, 7) is 4.79. The lowest BCUT2D eigenvalue weighted by atomic mass is 9.92. The number of aromatic nitrogens is 2. The van der Waals surface area contributed by atoms with Gasteiger partial charge in [-0.25, -0.2) is 4.68 Å². The second-order valence-electron chi connectivity index (χ2n) is 5.82. The van der Waals surface area contributed by atoms with E-state index in [1.807, 2.05) is 11.6 Å². The number of hydrogen-bond donors (Lipinski definition) is 1. The largest absolute Gasteiger partial charge is 0.393 e. The van der Waals surface area contributed by atoms with Gasteiger partial charge in [-0.1, -0.05) is 11.3 Å². The minimum Gasteiger partial charge on any atom is -0.393 e. The van der Waals surface area contributed by atoms with Gasteiger partial charge in [0.15, 0.2) is 3.95 Å². The van der Waals surface area contributed by atoms with Crippen LogP contribution >= 0.6 is 23.6 Å². The molecule has 0 radical (unpaired) electrons. The summed E-state index contributed by atoms with van der Waals surface area (Å²) < 4.78 is 2.88. The molecule has 1 aromatic heterocycles. The first-order chi connectivity index (χ1) is 9.13. The van der Waals surface area contributed by atoms with Crippen molar-refractivity contribution in [2.45, 2.75) is 51.3 Å². The molecule has 1 saturated carbocycles. The van der Waals surface area contributed by atoms with Gasteiger partial charge in [0, 0.05) is 19.0 Å². The average Bonchev–Trinajstić information content (AvgIpc) is 3.17. The summed E-state index contributed by atoms with van der Waals surface area (Å²) in [7, 11) is 0. The fourth-order valence-corrected chi connectivity index (χ4v) is 3.95. The maximum Gasteiger partial charge on any atom is 0.180 e. The van der Waals surface area contributed by atoms with E-state index in [0.717, 1.165) is 36.6 Å². The molecule has 2 aliphatic rings. The van der Waals surface area contributed by atoms with Crippen molar-refractivity contribution in [2.75, 3.05) is 13.1 Å². The van der Waals surface area contributed by atoms with Crippen LogP contribution in [0.3, 0.4) is 0 Å². The molecule has 19 heavy (non-hydrogen) atoms. The second-order valence-corrected chi connectivity index (χ2v) is 7.47. The van der Waals surface area contributed by atoms with Crippen LogP contribution in [0.1, 0.15) is 43.5 Å². The van der Waals surface area contributed by atoms with Crippen LogP contribution in [0.25, 0.3) is 0 Å². The van der Waals surface area contributed by atoms with Gasteiger partial charge < -0.3 is 5.11 Å². The molecule has 106 valence electrons. The molecule has 0 spiro atoms. The van der Waals surface area contributed by atoms with E-state index in [1.54, 1.807) is 11.3 Å². The first-order valence-corrected chi connectivity index (χ1v) is 8.34. The Kier molecular flexibility index (Phi) is 4.03. The second kappa shape index (κ2) is 5.60. The van der Waals surface area contributed by atoms with Crippen molar-refractivity contribution in [3.8, 4) is 0 Å². The van der Waals surface area contributed by atoms with E-state index in [4.69, 9.17) is 12.2 Å². The molecule has 1 saturated heterocycles. The van der Waals surface area contributed by atoms with E-state index >= 15 is 0 Å². The standard InChI is InChI=1S/C13H21N3OS2/c1-9(17)10-4-6-15(7-5-10)8-16-13(18)19-12(14-16)11-2-3-11/h9-11,17H,2-8H2,1H3. The van der Waals surface area contributed by atoms with Crippen molar-refractivity contribution in [3.63, 3.8) is 0 Å². The summed E-state index contributed by atoms with van der Waals surface area (Å²) in [6.07, 6.45) is 4.53. The van der Waals surface area contributed by atoms with Crippen LogP contribution in [0.2, 0.25) is 0 Å². The van der Waals surface area contributed by atoms with Crippen molar-refractivity contribution < 1.29 is 5.11 Å². The Morgan fingerprint density at radius 3 is 2.63 bits per heavy atom. The number of aliphatic hydroxyl groups is 1. The highest BCUT2D eigenvalue weighted by atomic mass is 32.1. The number of rotatable bonds is 4. The maximum absolute atomic E-state index is 9.62. The normalized spacial score (nSPS) is 23.7. The van der Waals surface area contributed by atoms with E-state index in [2.05, 4.69) is 10.00 Å². The van der Waals surface area contributed by atoms with Crippen LogP contribution in [0, 0.1) is 9.87 Å². The molecule has 1 unspecified atom stereocenters. The lowest BCUT2D eigenvalue weighted by Crippen LogP contribution is -2.38. The lowest BCUT2D eigenvalue weighted by Gasteiger charge is -2.32. The van der Waals surface area contributed by atoms with Crippen molar-refractivity contribution in [3.05, 3.63) is 8.96 Å². The van der Waals surface area contributed by atoms with Crippen molar-refractivity contribution in [1.29, 1.82) is 0 Å². The smallest absolute Gasteiger partial charge is 0.180 e. The van der Waals surface area contributed by atoms with Gasteiger partial charge in [-0.2, -0.15) is 5.10 Å². The van der Waals surface area contributed by atoms with E-state index < -0.39 is 0 Å². The average molecular weight is 299 g/mol. The molecule has 4 nitrogen and oxygen atoms in total. The maximum atomic E-state index is 9.62. The highest BCUT2D eigenvalue weighted by molar-refractivity contribution is 7.73. The molecule has 0 amide bonds. The van der Waals surface area contributed by atoms with Gasteiger partial charge in [0.05, 0.1) is 12.8 Å². The summed E-state index contributed by atoms with van der Waals surface area (Å²) >= 11 is 7.08. The first-order valence-electron chi connectivity index (χ1n) is 7.12. The first kappa shape index (κ1) is 13.7. The number of nitrogens with zero attached hydrogens (tertiary/aromatic N) is 3. The van der Waals surface area contributed by atoms with Crippen LogP contribution in [0.5, 0.6) is 0 Å². The zero-order valence-corrected chi connectivity index (χ0v) is 12.9. The molecular formula is C13H21N3OS2. The molecule has 6 heteroatoms. The highest BCUT2D eigenvalue weighted by Gasteiger charge is 2.28. The molecule has 3 rings (SSSR count).